The number of nitrogens with zero attached hydrogens (tertiary/aromatic N) is 5. The van der Waals surface area contributed by atoms with Crippen LogP contribution in [0, 0.1) is 0 Å². The Bertz CT molecular complexity index is 699. The number of rotatable bonds is 5. The molecule has 2 aromatic heterocycles. The van der Waals surface area contributed by atoms with Crippen LogP contribution in [-0.4, -0.2) is 56.5 Å². The molecule has 6 nitrogen and oxygen atoms in total. The second kappa shape index (κ2) is 8.43. The molecule has 0 aromatic carbocycles. The van der Waals surface area contributed by atoms with Crippen LogP contribution in [0.4, 0.5) is 0 Å². The Balaban J connectivity index is 1.79. The van der Waals surface area contributed by atoms with Crippen LogP contribution >= 0.6 is 0 Å². The minimum atomic E-state index is 0.0703. The maximum Gasteiger partial charge on any atom is 0.259 e. The molecule has 2 aromatic rings. The molecule has 0 aliphatic carbocycles. The van der Waals surface area contributed by atoms with Crippen molar-refractivity contribution in [2.45, 2.75) is 52.5 Å². The third-order valence-corrected chi connectivity index (χ3v) is 5.08. The zero-order chi connectivity index (χ0) is 17.6. The van der Waals surface area contributed by atoms with Crippen LogP contribution in [0.5, 0.6) is 0 Å². The summed E-state index contributed by atoms with van der Waals surface area (Å²) in [7, 11) is 0. The average Bonchev–Trinajstić information content (AvgIpc) is 3.02. The van der Waals surface area contributed by atoms with Crippen molar-refractivity contribution in [1.82, 2.24) is 24.4 Å². The van der Waals surface area contributed by atoms with Crippen molar-refractivity contribution in [2.75, 3.05) is 26.2 Å². The summed E-state index contributed by atoms with van der Waals surface area (Å²) in [6, 6.07) is 0. The molecule has 1 saturated heterocycles. The van der Waals surface area contributed by atoms with Crippen LogP contribution in [0.15, 0.2) is 18.6 Å². The average molecular weight is 343 g/mol. The van der Waals surface area contributed by atoms with Crippen LogP contribution in [0.1, 0.15) is 61.9 Å². The summed E-state index contributed by atoms with van der Waals surface area (Å²) < 4.78 is 1.75. The Morgan fingerprint density at radius 2 is 1.76 bits per heavy atom. The number of carbonyl (C=O) groups excluding carboxylic acids is 1. The van der Waals surface area contributed by atoms with Gasteiger partial charge < -0.3 is 4.90 Å². The lowest BCUT2D eigenvalue weighted by Gasteiger charge is -2.24. The van der Waals surface area contributed by atoms with Crippen LogP contribution in [-0.2, 0) is 6.54 Å². The lowest BCUT2D eigenvalue weighted by Crippen LogP contribution is -2.33. The molecule has 3 rings (SSSR count). The molecule has 136 valence electrons. The maximum atomic E-state index is 12.9. The van der Waals surface area contributed by atoms with Gasteiger partial charge in [0.2, 0.25) is 0 Å². The van der Waals surface area contributed by atoms with Gasteiger partial charge in [-0.25, -0.2) is 9.50 Å². The van der Waals surface area contributed by atoms with Crippen molar-refractivity contribution in [2.24, 2.45) is 0 Å². The highest BCUT2D eigenvalue weighted by Gasteiger charge is 2.21. The minimum absolute atomic E-state index is 0.0703. The Morgan fingerprint density at radius 1 is 1.08 bits per heavy atom. The van der Waals surface area contributed by atoms with Gasteiger partial charge in [0.1, 0.15) is 5.56 Å². The lowest BCUT2D eigenvalue weighted by atomic mass is 10.1. The normalized spacial score (nSPS) is 16.2. The Morgan fingerprint density at radius 3 is 2.44 bits per heavy atom. The van der Waals surface area contributed by atoms with Gasteiger partial charge in [0, 0.05) is 37.6 Å². The predicted molar refractivity (Wildman–Crippen MR) is 98.6 cm³/mol. The Labute approximate surface area is 149 Å². The number of hydrogen-bond acceptors (Lipinski definition) is 4. The zero-order valence-corrected chi connectivity index (χ0v) is 15.4. The van der Waals surface area contributed by atoms with Gasteiger partial charge in [-0.3, -0.25) is 9.69 Å². The van der Waals surface area contributed by atoms with Gasteiger partial charge in [0.05, 0.1) is 6.20 Å². The van der Waals surface area contributed by atoms with Gasteiger partial charge in [0.25, 0.3) is 5.91 Å². The molecule has 0 unspecified atom stereocenters. The van der Waals surface area contributed by atoms with Gasteiger partial charge in [-0.05, 0) is 25.9 Å². The van der Waals surface area contributed by atoms with E-state index in [1.54, 1.807) is 10.7 Å². The lowest BCUT2D eigenvalue weighted by molar-refractivity contribution is 0.0744. The molecule has 0 spiro atoms. The minimum Gasteiger partial charge on any atom is -0.338 e. The smallest absolute Gasteiger partial charge is 0.259 e. The molecular weight excluding hydrogens is 314 g/mol. The van der Waals surface area contributed by atoms with Crippen LogP contribution in [0.3, 0.4) is 0 Å². The highest BCUT2D eigenvalue weighted by atomic mass is 16.2. The van der Waals surface area contributed by atoms with Gasteiger partial charge in [-0.2, -0.15) is 5.10 Å². The van der Waals surface area contributed by atoms with E-state index in [0.717, 1.165) is 51.1 Å². The van der Waals surface area contributed by atoms with Crippen molar-refractivity contribution < 1.29 is 4.79 Å². The number of aromatic nitrogens is 3. The molecule has 1 amide bonds. The number of likely N-dealkylation sites (tertiary alicyclic amines) is 1. The molecule has 0 N–H and O–H groups in total. The maximum absolute atomic E-state index is 12.9. The van der Waals surface area contributed by atoms with Crippen LogP contribution in [0.2, 0.25) is 0 Å². The molecule has 25 heavy (non-hydrogen) atoms. The summed E-state index contributed by atoms with van der Waals surface area (Å²) in [4.78, 5) is 21.8. The summed E-state index contributed by atoms with van der Waals surface area (Å²) in [6.07, 6.45) is 11.4. The van der Waals surface area contributed by atoms with Crippen molar-refractivity contribution >= 4 is 11.6 Å². The van der Waals surface area contributed by atoms with E-state index in [0.29, 0.717) is 11.2 Å². The van der Waals surface area contributed by atoms with E-state index in [-0.39, 0.29) is 5.91 Å². The molecule has 1 aliphatic heterocycles. The first-order valence-corrected chi connectivity index (χ1v) is 9.56. The third-order valence-electron chi connectivity index (χ3n) is 5.08. The SMILES string of the molecule is CCN(CC)Cc1cnc2c(C(=O)N3CCCCCCC3)cnn2c1. The molecule has 0 atom stereocenters. The number of hydrogen-bond donors (Lipinski definition) is 0. The van der Waals surface area contributed by atoms with Crippen molar-refractivity contribution in [3.05, 3.63) is 29.7 Å². The van der Waals surface area contributed by atoms with E-state index in [1.165, 1.54) is 19.3 Å². The van der Waals surface area contributed by atoms with Crippen LogP contribution in [0.25, 0.3) is 5.65 Å². The van der Waals surface area contributed by atoms with E-state index in [4.69, 9.17) is 0 Å². The molecule has 1 fully saturated rings. The summed E-state index contributed by atoms with van der Waals surface area (Å²) in [5.74, 6) is 0.0703. The zero-order valence-electron chi connectivity index (χ0n) is 15.4. The summed E-state index contributed by atoms with van der Waals surface area (Å²) >= 11 is 0. The first kappa shape index (κ1) is 17.9. The van der Waals surface area contributed by atoms with Gasteiger partial charge in [-0.15, -0.1) is 0 Å². The Kier molecular flexibility index (Phi) is 6.02. The highest BCUT2D eigenvalue weighted by molar-refractivity contribution is 5.99. The quantitative estimate of drug-likeness (QED) is 0.837. The van der Waals surface area contributed by atoms with Gasteiger partial charge >= 0.3 is 0 Å². The molecular formula is C19H29N5O. The van der Waals surface area contributed by atoms with E-state index < -0.39 is 0 Å². The molecule has 6 heteroatoms. The second-order valence-electron chi connectivity index (χ2n) is 6.81. The fourth-order valence-electron chi connectivity index (χ4n) is 3.47. The summed E-state index contributed by atoms with van der Waals surface area (Å²) in [6.45, 7) is 8.86. The monoisotopic (exact) mass is 343 g/mol. The molecule has 0 bridgehead atoms. The molecule has 0 saturated carbocycles. The fourth-order valence-corrected chi connectivity index (χ4v) is 3.47. The number of fused-ring (bicyclic) bond motifs is 1. The summed E-state index contributed by atoms with van der Waals surface area (Å²) in [5, 5.41) is 4.38. The number of carbonyl (C=O) groups is 1. The molecule has 3 heterocycles. The van der Waals surface area contributed by atoms with E-state index in [9.17, 15) is 4.79 Å². The van der Waals surface area contributed by atoms with Crippen molar-refractivity contribution in [3.8, 4) is 0 Å². The predicted octanol–water partition coefficient (Wildman–Crippen LogP) is 2.98. The van der Waals surface area contributed by atoms with Crippen LogP contribution < -0.4 is 0 Å². The fraction of sp³-hybridized carbons (Fsp3) is 0.632. The van der Waals surface area contributed by atoms with E-state index >= 15 is 0 Å². The first-order valence-electron chi connectivity index (χ1n) is 9.56. The van der Waals surface area contributed by atoms with E-state index in [1.807, 2.05) is 17.3 Å². The largest absolute Gasteiger partial charge is 0.338 e. The topological polar surface area (TPSA) is 53.7 Å². The third kappa shape index (κ3) is 4.18. The standard InChI is InChI=1S/C19H29N5O/c1-3-22(4-2)14-16-12-20-18-17(13-21-24(18)15-16)19(25)23-10-8-6-5-7-9-11-23/h12-13,15H,3-11,14H2,1-2H3. The van der Waals surface area contributed by atoms with Gasteiger partial charge in [-0.1, -0.05) is 33.1 Å². The Hall–Kier alpha value is -1.95. The number of amides is 1. The van der Waals surface area contributed by atoms with E-state index in [2.05, 4.69) is 28.8 Å². The van der Waals surface area contributed by atoms with Crippen molar-refractivity contribution in [3.63, 3.8) is 0 Å². The second-order valence-corrected chi connectivity index (χ2v) is 6.81. The first-order chi connectivity index (χ1) is 12.2. The highest BCUT2D eigenvalue weighted by Crippen LogP contribution is 2.16. The van der Waals surface area contributed by atoms with Crippen molar-refractivity contribution in [1.29, 1.82) is 0 Å². The molecule has 1 aliphatic rings. The molecule has 0 radical (unpaired) electrons. The van der Waals surface area contributed by atoms with Gasteiger partial charge in [0.15, 0.2) is 5.65 Å². The summed E-state index contributed by atoms with van der Waals surface area (Å²) in [5.41, 5.74) is 2.40.